The van der Waals surface area contributed by atoms with E-state index in [0.29, 0.717) is 15.0 Å². The van der Waals surface area contributed by atoms with Crippen LogP contribution in [-0.2, 0) is 0 Å². The third kappa shape index (κ3) is 1.16. The van der Waals surface area contributed by atoms with Crippen LogP contribution in [0, 0.1) is 0 Å². The van der Waals surface area contributed by atoms with Crippen LogP contribution in [0.4, 0.5) is 0 Å². The first-order valence-electron chi connectivity index (χ1n) is 2.24. The summed E-state index contributed by atoms with van der Waals surface area (Å²) in [5.41, 5.74) is 0. The fraction of sp³-hybridized carbons (Fsp3) is 1.00. The van der Waals surface area contributed by atoms with E-state index >= 15 is 0 Å². The first-order chi connectivity index (χ1) is 3.30. The number of hydrogen-bond donors (Lipinski definition) is 2. The van der Waals surface area contributed by atoms with Crippen molar-refractivity contribution < 1.29 is 10.2 Å². The normalized spacial score (nSPS) is 42.0. The molecule has 7 heavy (non-hydrogen) atoms. The van der Waals surface area contributed by atoms with Gasteiger partial charge in [0.2, 0.25) is 0 Å². The summed E-state index contributed by atoms with van der Waals surface area (Å²) in [6.45, 7) is 0. The van der Waals surface area contributed by atoms with Gasteiger partial charge in [0, 0.05) is 0 Å². The van der Waals surface area contributed by atoms with E-state index in [2.05, 4.69) is 0 Å². The molecule has 1 fully saturated rings. The fourth-order valence-corrected chi connectivity index (χ4v) is 2.76. The van der Waals surface area contributed by atoms with Crippen molar-refractivity contribution in [3.8, 4) is 0 Å². The maximum absolute atomic E-state index is 8.76. The molecule has 2 N–H and O–H groups in total. The molecular weight excluding hydrogens is 159 g/mol. The van der Waals surface area contributed by atoms with Gasteiger partial charge in [0.15, 0.2) is 0 Å². The van der Waals surface area contributed by atoms with Crippen LogP contribution in [0.5, 0.6) is 0 Å². The van der Waals surface area contributed by atoms with Gasteiger partial charge < -0.3 is 0 Å². The van der Waals surface area contributed by atoms with Crippen LogP contribution in [0.2, 0.25) is 10.6 Å². The second-order valence-corrected chi connectivity index (χ2v) is 3.93. The van der Waals surface area contributed by atoms with E-state index in [4.69, 9.17) is 10.2 Å². The SMILES string of the molecule is O[C@@H]1C[Se]C[C@H]1O. The average Bonchev–Trinajstić information content (AvgIpc) is 1.91. The van der Waals surface area contributed by atoms with Gasteiger partial charge >= 0.3 is 48.0 Å². The van der Waals surface area contributed by atoms with Crippen LogP contribution in [-0.4, -0.2) is 37.4 Å². The molecule has 0 aliphatic carbocycles. The van der Waals surface area contributed by atoms with Crippen molar-refractivity contribution in [2.45, 2.75) is 22.8 Å². The third-order valence-electron chi connectivity index (χ3n) is 1.02. The molecular formula is C4H8O2Se. The van der Waals surface area contributed by atoms with Crippen LogP contribution in [0.25, 0.3) is 0 Å². The van der Waals surface area contributed by atoms with Crippen LogP contribution in [0.3, 0.4) is 0 Å². The summed E-state index contributed by atoms with van der Waals surface area (Å²) in [5.74, 6) is 0. The van der Waals surface area contributed by atoms with Gasteiger partial charge in [-0.05, 0) is 0 Å². The zero-order valence-electron chi connectivity index (χ0n) is 3.87. The molecule has 2 atom stereocenters. The van der Waals surface area contributed by atoms with E-state index < -0.39 is 12.2 Å². The minimum atomic E-state index is -0.403. The summed E-state index contributed by atoms with van der Waals surface area (Å²) in [6, 6.07) is 0. The average molecular weight is 167 g/mol. The number of aliphatic hydroxyl groups is 2. The van der Waals surface area contributed by atoms with E-state index in [1.165, 1.54) is 0 Å². The molecule has 0 amide bonds. The number of aliphatic hydroxyl groups excluding tert-OH is 2. The van der Waals surface area contributed by atoms with Crippen molar-refractivity contribution in [3.05, 3.63) is 0 Å². The van der Waals surface area contributed by atoms with Crippen molar-refractivity contribution in [1.82, 2.24) is 0 Å². The summed E-state index contributed by atoms with van der Waals surface area (Å²) in [7, 11) is 0. The third-order valence-corrected chi connectivity index (χ3v) is 3.44. The molecule has 0 saturated carbocycles. The molecule has 0 unspecified atom stereocenters. The van der Waals surface area contributed by atoms with Gasteiger partial charge in [0.05, 0.1) is 0 Å². The summed E-state index contributed by atoms with van der Waals surface area (Å²) in [6.07, 6.45) is -0.806. The van der Waals surface area contributed by atoms with Crippen LogP contribution in [0.1, 0.15) is 0 Å². The summed E-state index contributed by atoms with van der Waals surface area (Å²) < 4.78 is 0. The summed E-state index contributed by atoms with van der Waals surface area (Å²) in [5, 5.41) is 19.2. The molecule has 42 valence electrons. The molecule has 0 spiro atoms. The van der Waals surface area contributed by atoms with Crippen molar-refractivity contribution >= 4 is 15.0 Å². The molecule has 1 aliphatic rings. The first kappa shape index (κ1) is 5.57. The molecule has 2 nitrogen and oxygen atoms in total. The second-order valence-electron chi connectivity index (χ2n) is 1.67. The topological polar surface area (TPSA) is 40.5 Å². The van der Waals surface area contributed by atoms with Crippen LogP contribution >= 0.6 is 0 Å². The fourth-order valence-electron chi connectivity index (χ4n) is 0.532. The van der Waals surface area contributed by atoms with Gasteiger partial charge in [0.1, 0.15) is 0 Å². The Balaban J connectivity index is 2.33. The van der Waals surface area contributed by atoms with E-state index in [-0.39, 0.29) is 0 Å². The quantitative estimate of drug-likeness (QED) is 0.466. The van der Waals surface area contributed by atoms with Gasteiger partial charge in [-0.3, -0.25) is 0 Å². The van der Waals surface area contributed by atoms with E-state index in [1.807, 2.05) is 0 Å². The molecule has 3 heteroatoms. The molecule has 1 saturated heterocycles. The Morgan fingerprint density at radius 1 is 1.14 bits per heavy atom. The predicted molar refractivity (Wildman–Crippen MR) is 27.4 cm³/mol. The molecule has 1 rings (SSSR count). The minimum absolute atomic E-state index is 0.403. The first-order valence-corrected chi connectivity index (χ1v) is 4.67. The van der Waals surface area contributed by atoms with Gasteiger partial charge in [-0.1, -0.05) is 0 Å². The molecule has 0 aromatic heterocycles. The van der Waals surface area contributed by atoms with Gasteiger partial charge in [-0.15, -0.1) is 0 Å². The van der Waals surface area contributed by atoms with Crippen LogP contribution < -0.4 is 0 Å². The van der Waals surface area contributed by atoms with E-state index in [1.54, 1.807) is 0 Å². The van der Waals surface area contributed by atoms with Gasteiger partial charge in [-0.2, -0.15) is 0 Å². The number of rotatable bonds is 0. The predicted octanol–water partition coefficient (Wildman–Crippen LogP) is -0.737. The van der Waals surface area contributed by atoms with Gasteiger partial charge in [0.25, 0.3) is 0 Å². The molecule has 1 aliphatic heterocycles. The molecule has 0 bridgehead atoms. The molecule has 0 radical (unpaired) electrons. The zero-order chi connectivity index (χ0) is 5.28. The monoisotopic (exact) mass is 168 g/mol. The Kier molecular flexibility index (Phi) is 1.70. The van der Waals surface area contributed by atoms with Gasteiger partial charge in [-0.25, -0.2) is 0 Å². The Morgan fingerprint density at radius 3 is 1.71 bits per heavy atom. The maximum atomic E-state index is 8.76. The Morgan fingerprint density at radius 2 is 1.57 bits per heavy atom. The Bertz CT molecular complexity index is 58.7. The number of hydrogen-bond acceptors (Lipinski definition) is 2. The molecule has 0 aromatic carbocycles. The summed E-state index contributed by atoms with van der Waals surface area (Å²) >= 11 is 0.513. The molecule has 1 heterocycles. The van der Waals surface area contributed by atoms with Crippen molar-refractivity contribution in [3.63, 3.8) is 0 Å². The molecule has 0 aromatic rings. The Labute approximate surface area is 48.7 Å². The van der Waals surface area contributed by atoms with E-state index in [0.717, 1.165) is 10.6 Å². The van der Waals surface area contributed by atoms with Crippen molar-refractivity contribution in [2.24, 2.45) is 0 Å². The Hall–Kier alpha value is 0.439. The van der Waals surface area contributed by atoms with Crippen molar-refractivity contribution in [2.75, 3.05) is 0 Å². The summed E-state index contributed by atoms with van der Waals surface area (Å²) in [4.78, 5) is 0. The van der Waals surface area contributed by atoms with Crippen LogP contribution in [0.15, 0.2) is 0 Å². The van der Waals surface area contributed by atoms with Crippen molar-refractivity contribution in [1.29, 1.82) is 0 Å². The second kappa shape index (κ2) is 2.14. The zero-order valence-corrected chi connectivity index (χ0v) is 5.58. The van der Waals surface area contributed by atoms with E-state index in [9.17, 15) is 0 Å². The standard InChI is InChI=1S/C4H8O2Se/c5-3-1-7-2-4(3)6/h3-6H,1-2H2/t3-,4-/m1/s1.